The highest BCUT2D eigenvalue weighted by molar-refractivity contribution is 8.04. The third-order valence-electron chi connectivity index (χ3n) is 5.22. The van der Waals surface area contributed by atoms with Crippen LogP contribution in [0.15, 0.2) is 76.5 Å². The Morgan fingerprint density at radius 3 is 2.35 bits per heavy atom. The number of hydrogen-bond donors (Lipinski definition) is 1. The van der Waals surface area contributed by atoms with Crippen LogP contribution in [0.25, 0.3) is 6.08 Å². The van der Waals surface area contributed by atoms with Crippen LogP contribution in [-0.2, 0) is 17.5 Å². The number of hydrogen-bond acceptors (Lipinski definition) is 3. The normalized spacial score (nSPS) is 14.8. The molecule has 0 aromatic heterocycles. The first-order chi connectivity index (χ1) is 16.1. The summed E-state index contributed by atoms with van der Waals surface area (Å²) in [5.74, 6) is -1.04. The number of benzene rings is 3. The molecule has 1 heterocycles. The molecule has 0 bridgehead atoms. The zero-order chi connectivity index (χ0) is 24.5. The van der Waals surface area contributed by atoms with Crippen molar-refractivity contribution in [2.75, 3.05) is 11.9 Å². The second kappa shape index (κ2) is 9.34. The van der Waals surface area contributed by atoms with Gasteiger partial charge < -0.3 is 10.2 Å². The van der Waals surface area contributed by atoms with E-state index in [1.807, 2.05) is 0 Å². The molecule has 0 spiro atoms. The number of rotatable bonds is 4. The number of carbonyl (C=O) groups is 2. The molecular formula is C25H18F4N2O2S. The van der Waals surface area contributed by atoms with Gasteiger partial charge in [-0.3, -0.25) is 9.59 Å². The number of fused-ring (bicyclic) bond motifs is 1. The van der Waals surface area contributed by atoms with Crippen LogP contribution in [0.5, 0.6) is 0 Å². The summed E-state index contributed by atoms with van der Waals surface area (Å²) in [6, 6.07) is 15.3. The van der Waals surface area contributed by atoms with Gasteiger partial charge in [-0.2, -0.15) is 13.2 Å². The molecule has 1 aliphatic heterocycles. The van der Waals surface area contributed by atoms with Gasteiger partial charge in [-0.1, -0.05) is 36.0 Å². The van der Waals surface area contributed by atoms with Gasteiger partial charge in [-0.15, -0.1) is 0 Å². The first-order valence-electron chi connectivity index (χ1n) is 10.1. The lowest BCUT2D eigenvalue weighted by molar-refractivity contribution is -0.137. The van der Waals surface area contributed by atoms with E-state index in [2.05, 4.69) is 5.32 Å². The lowest BCUT2D eigenvalue weighted by Crippen LogP contribution is -2.31. The monoisotopic (exact) mass is 486 g/mol. The summed E-state index contributed by atoms with van der Waals surface area (Å²) < 4.78 is 51.3. The van der Waals surface area contributed by atoms with Gasteiger partial charge in [-0.25, -0.2) is 4.39 Å². The fourth-order valence-electron chi connectivity index (χ4n) is 3.34. The predicted molar refractivity (Wildman–Crippen MR) is 123 cm³/mol. The van der Waals surface area contributed by atoms with E-state index in [0.717, 1.165) is 22.6 Å². The summed E-state index contributed by atoms with van der Waals surface area (Å²) in [4.78, 5) is 27.9. The van der Waals surface area contributed by atoms with Crippen molar-refractivity contribution in [1.29, 1.82) is 0 Å². The topological polar surface area (TPSA) is 49.4 Å². The number of carbonyl (C=O) groups excluding carboxylic acids is 2. The highest BCUT2D eigenvalue weighted by Crippen LogP contribution is 2.42. The van der Waals surface area contributed by atoms with E-state index in [9.17, 15) is 27.2 Å². The summed E-state index contributed by atoms with van der Waals surface area (Å²) >= 11 is 1.19. The summed E-state index contributed by atoms with van der Waals surface area (Å²) in [7, 11) is 1.57. The third kappa shape index (κ3) is 5.14. The average Bonchev–Trinajstić information content (AvgIpc) is 2.81. The van der Waals surface area contributed by atoms with E-state index >= 15 is 0 Å². The predicted octanol–water partition coefficient (Wildman–Crippen LogP) is 5.88. The van der Waals surface area contributed by atoms with E-state index in [1.54, 1.807) is 37.4 Å². The number of nitrogens with one attached hydrogen (secondary N) is 1. The fourth-order valence-corrected chi connectivity index (χ4v) is 4.43. The van der Waals surface area contributed by atoms with Crippen molar-refractivity contribution in [1.82, 2.24) is 5.32 Å². The van der Waals surface area contributed by atoms with Crippen LogP contribution >= 0.6 is 11.8 Å². The van der Waals surface area contributed by atoms with Gasteiger partial charge in [0.2, 0.25) is 0 Å². The van der Waals surface area contributed by atoms with Crippen LogP contribution in [-0.4, -0.2) is 18.9 Å². The van der Waals surface area contributed by atoms with E-state index in [0.29, 0.717) is 21.7 Å². The quantitative estimate of drug-likeness (QED) is 0.370. The molecule has 0 radical (unpaired) electrons. The van der Waals surface area contributed by atoms with Gasteiger partial charge >= 0.3 is 6.18 Å². The van der Waals surface area contributed by atoms with Crippen LogP contribution in [0.4, 0.5) is 23.2 Å². The minimum Gasteiger partial charge on any atom is -0.348 e. The zero-order valence-electron chi connectivity index (χ0n) is 17.8. The van der Waals surface area contributed by atoms with E-state index in [-0.39, 0.29) is 24.2 Å². The number of likely N-dealkylation sites (N-methyl/N-ethyl adjacent to an activating group) is 1. The number of amides is 2. The van der Waals surface area contributed by atoms with Crippen LogP contribution in [0.3, 0.4) is 0 Å². The van der Waals surface area contributed by atoms with Crippen LogP contribution in [0, 0.1) is 5.82 Å². The molecule has 0 saturated carbocycles. The summed E-state index contributed by atoms with van der Waals surface area (Å²) in [6.07, 6.45) is -2.89. The van der Waals surface area contributed by atoms with E-state index in [1.165, 1.54) is 47.0 Å². The molecule has 0 aliphatic carbocycles. The Morgan fingerprint density at radius 1 is 1.03 bits per heavy atom. The van der Waals surface area contributed by atoms with Gasteiger partial charge in [-0.05, 0) is 59.7 Å². The number of halogens is 4. The first kappa shape index (κ1) is 23.6. The Labute approximate surface area is 197 Å². The van der Waals surface area contributed by atoms with Gasteiger partial charge in [0.15, 0.2) is 0 Å². The molecule has 1 aliphatic rings. The molecule has 0 fully saturated rings. The van der Waals surface area contributed by atoms with Gasteiger partial charge in [0.05, 0.1) is 16.2 Å². The zero-order valence-corrected chi connectivity index (χ0v) is 18.6. The van der Waals surface area contributed by atoms with Crippen molar-refractivity contribution in [3.05, 3.63) is 99.7 Å². The molecule has 0 saturated heterocycles. The smallest absolute Gasteiger partial charge is 0.348 e. The number of anilines is 1. The molecule has 2 amide bonds. The van der Waals surface area contributed by atoms with Crippen molar-refractivity contribution in [2.24, 2.45) is 0 Å². The number of nitrogens with zero attached hydrogens (tertiary/aromatic N) is 1. The molecule has 34 heavy (non-hydrogen) atoms. The second-order valence-electron chi connectivity index (χ2n) is 7.59. The van der Waals surface area contributed by atoms with Crippen LogP contribution in [0.2, 0.25) is 0 Å². The summed E-state index contributed by atoms with van der Waals surface area (Å²) in [5.41, 5.74) is 1.36. The van der Waals surface area contributed by atoms with Crippen molar-refractivity contribution < 1.29 is 27.2 Å². The maximum Gasteiger partial charge on any atom is 0.416 e. The highest BCUT2D eigenvalue weighted by Gasteiger charge is 2.30. The SMILES string of the molecule is CN1C(=O)/C(=C/c2ccc(C(F)(F)F)cc2)Sc2ccc(C(=O)NCc3ccc(F)cc3)cc21. The Bertz CT molecular complexity index is 1270. The molecule has 4 nitrogen and oxygen atoms in total. The first-order valence-corrected chi connectivity index (χ1v) is 10.9. The molecule has 0 atom stereocenters. The standard InChI is InChI=1S/C25H18F4N2O2S/c1-31-20-13-17(23(32)30-14-16-4-9-19(26)10-5-16)6-11-21(20)34-22(24(31)33)12-15-2-7-18(8-3-15)25(27,28)29/h2-13H,14H2,1H3,(H,30,32)/b22-12-. The fraction of sp³-hybridized carbons (Fsp3) is 0.120. The minimum atomic E-state index is -4.43. The van der Waals surface area contributed by atoms with E-state index < -0.39 is 11.7 Å². The van der Waals surface area contributed by atoms with Crippen molar-refractivity contribution in [3.8, 4) is 0 Å². The lowest BCUT2D eigenvalue weighted by Gasteiger charge is -2.27. The third-order valence-corrected chi connectivity index (χ3v) is 6.30. The highest BCUT2D eigenvalue weighted by atomic mass is 32.2. The average molecular weight is 486 g/mol. The maximum absolute atomic E-state index is 13.0. The second-order valence-corrected chi connectivity index (χ2v) is 8.67. The molecule has 9 heteroatoms. The number of alkyl halides is 3. The van der Waals surface area contributed by atoms with Gasteiger partial charge in [0, 0.05) is 24.1 Å². The van der Waals surface area contributed by atoms with Crippen LogP contribution < -0.4 is 10.2 Å². The molecule has 0 unspecified atom stereocenters. The largest absolute Gasteiger partial charge is 0.416 e. The molecule has 3 aromatic carbocycles. The Morgan fingerprint density at radius 2 is 1.71 bits per heavy atom. The lowest BCUT2D eigenvalue weighted by atomic mass is 10.1. The number of thioether (sulfide) groups is 1. The summed E-state index contributed by atoms with van der Waals surface area (Å²) in [5, 5.41) is 2.76. The van der Waals surface area contributed by atoms with Gasteiger partial charge in [0.25, 0.3) is 11.8 Å². The maximum atomic E-state index is 13.0. The Hall–Kier alpha value is -3.59. The Balaban J connectivity index is 1.51. The van der Waals surface area contributed by atoms with Gasteiger partial charge in [0.1, 0.15) is 5.82 Å². The van der Waals surface area contributed by atoms with Crippen molar-refractivity contribution >= 4 is 35.3 Å². The van der Waals surface area contributed by atoms with Crippen molar-refractivity contribution in [3.63, 3.8) is 0 Å². The van der Waals surface area contributed by atoms with Crippen molar-refractivity contribution in [2.45, 2.75) is 17.6 Å². The van der Waals surface area contributed by atoms with E-state index in [4.69, 9.17) is 0 Å². The minimum absolute atomic E-state index is 0.222. The molecule has 4 rings (SSSR count). The molecule has 3 aromatic rings. The molecule has 1 N–H and O–H groups in total. The molecular weight excluding hydrogens is 468 g/mol. The van der Waals surface area contributed by atoms with Crippen LogP contribution in [0.1, 0.15) is 27.0 Å². The molecule has 174 valence electrons. The Kier molecular flexibility index (Phi) is 6.47. The summed E-state index contributed by atoms with van der Waals surface area (Å²) in [6.45, 7) is 0.222.